The van der Waals surface area contributed by atoms with Gasteiger partial charge in [0.25, 0.3) is 0 Å². The zero-order chi connectivity index (χ0) is 9.26. The summed E-state index contributed by atoms with van der Waals surface area (Å²) >= 11 is 0. The molecule has 1 saturated carbocycles. The van der Waals surface area contributed by atoms with Gasteiger partial charge in [-0.1, -0.05) is 6.07 Å². The predicted molar refractivity (Wildman–Crippen MR) is 55.2 cm³/mol. The zero-order valence-electron chi connectivity index (χ0n) is 7.70. The van der Waals surface area contributed by atoms with Crippen LogP contribution >= 0.6 is 12.4 Å². The van der Waals surface area contributed by atoms with Crippen molar-refractivity contribution in [1.29, 1.82) is 0 Å². The number of hydrogen-bond acceptors (Lipinski definition) is 2. The fourth-order valence-corrected chi connectivity index (χ4v) is 1.17. The number of rotatable bonds is 3. The summed E-state index contributed by atoms with van der Waals surface area (Å²) in [5.74, 6) is 0.331. The van der Waals surface area contributed by atoms with E-state index in [-0.39, 0.29) is 24.3 Å². The SMILES string of the molecule is Cl.NCc1ccc(F)cc1OC1CC1. The lowest BCUT2D eigenvalue weighted by molar-refractivity contribution is 0.298. The van der Waals surface area contributed by atoms with E-state index in [0.717, 1.165) is 18.4 Å². The topological polar surface area (TPSA) is 35.2 Å². The van der Waals surface area contributed by atoms with Crippen LogP contribution in [0.4, 0.5) is 4.39 Å². The van der Waals surface area contributed by atoms with E-state index in [1.54, 1.807) is 6.07 Å². The van der Waals surface area contributed by atoms with Crippen LogP contribution in [0.2, 0.25) is 0 Å². The molecule has 14 heavy (non-hydrogen) atoms. The van der Waals surface area contributed by atoms with Gasteiger partial charge in [0.15, 0.2) is 0 Å². The Morgan fingerprint density at radius 1 is 1.43 bits per heavy atom. The Kier molecular flexibility index (Phi) is 3.72. The van der Waals surface area contributed by atoms with Gasteiger partial charge in [-0.3, -0.25) is 0 Å². The van der Waals surface area contributed by atoms with E-state index < -0.39 is 0 Å². The number of ether oxygens (including phenoxy) is 1. The lowest BCUT2D eigenvalue weighted by Crippen LogP contribution is -2.04. The van der Waals surface area contributed by atoms with Crippen molar-refractivity contribution in [2.45, 2.75) is 25.5 Å². The highest BCUT2D eigenvalue weighted by Crippen LogP contribution is 2.29. The number of benzene rings is 1. The van der Waals surface area contributed by atoms with Crippen molar-refractivity contribution in [2.75, 3.05) is 0 Å². The third kappa shape index (κ3) is 2.59. The van der Waals surface area contributed by atoms with E-state index in [9.17, 15) is 4.39 Å². The van der Waals surface area contributed by atoms with Gasteiger partial charge in [-0.05, 0) is 18.9 Å². The second-order valence-electron chi connectivity index (χ2n) is 3.27. The summed E-state index contributed by atoms with van der Waals surface area (Å²) < 4.78 is 18.3. The monoisotopic (exact) mass is 217 g/mol. The van der Waals surface area contributed by atoms with Crippen molar-refractivity contribution in [3.63, 3.8) is 0 Å². The van der Waals surface area contributed by atoms with Gasteiger partial charge >= 0.3 is 0 Å². The summed E-state index contributed by atoms with van der Waals surface area (Å²) in [5.41, 5.74) is 6.36. The van der Waals surface area contributed by atoms with Crippen molar-refractivity contribution < 1.29 is 9.13 Å². The minimum atomic E-state index is -0.271. The van der Waals surface area contributed by atoms with Gasteiger partial charge in [-0.2, -0.15) is 0 Å². The molecule has 0 spiro atoms. The van der Waals surface area contributed by atoms with E-state index in [2.05, 4.69) is 0 Å². The highest BCUT2D eigenvalue weighted by molar-refractivity contribution is 5.85. The zero-order valence-corrected chi connectivity index (χ0v) is 8.52. The fraction of sp³-hybridized carbons (Fsp3) is 0.400. The van der Waals surface area contributed by atoms with Gasteiger partial charge < -0.3 is 10.5 Å². The number of hydrogen-bond donors (Lipinski definition) is 1. The lowest BCUT2D eigenvalue weighted by atomic mass is 10.2. The Labute approximate surface area is 88.7 Å². The molecular weight excluding hydrogens is 205 g/mol. The summed E-state index contributed by atoms with van der Waals surface area (Å²) in [5, 5.41) is 0. The quantitative estimate of drug-likeness (QED) is 0.843. The number of halogens is 2. The van der Waals surface area contributed by atoms with Crippen molar-refractivity contribution in [2.24, 2.45) is 5.73 Å². The Morgan fingerprint density at radius 2 is 2.14 bits per heavy atom. The molecular formula is C10H13ClFNO. The van der Waals surface area contributed by atoms with Crippen molar-refractivity contribution in [1.82, 2.24) is 0 Å². The summed E-state index contributed by atoms with van der Waals surface area (Å²) in [7, 11) is 0. The van der Waals surface area contributed by atoms with Gasteiger partial charge in [0.1, 0.15) is 11.6 Å². The highest BCUT2D eigenvalue weighted by Gasteiger charge is 2.24. The first-order chi connectivity index (χ1) is 6.29. The van der Waals surface area contributed by atoms with E-state index >= 15 is 0 Å². The molecule has 0 atom stereocenters. The molecule has 0 aromatic heterocycles. The molecule has 1 aromatic carbocycles. The molecule has 0 radical (unpaired) electrons. The van der Waals surface area contributed by atoms with Crippen molar-refractivity contribution in [3.05, 3.63) is 29.6 Å². The molecule has 0 unspecified atom stereocenters. The maximum absolute atomic E-state index is 12.8. The van der Waals surface area contributed by atoms with Gasteiger partial charge in [0.05, 0.1) is 6.10 Å². The largest absolute Gasteiger partial charge is 0.490 e. The van der Waals surface area contributed by atoms with Gasteiger partial charge in [-0.15, -0.1) is 12.4 Å². The minimum absolute atomic E-state index is 0. The summed E-state index contributed by atoms with van der Waals surface area (Å²) in [6, 6.07) is 4.48. The van der Waals surface area contributed by atoms with Gasteiger partial charge in [0, 0.05) is 18.2 Å². The molecule has 0 bridgehead atoms. The van der Waals surface area contributed by atoms with Crippen LogP contribution in [0.3, 0.4) is 0 Å². The predicted octanol–water partition coefficient (Wildman–Crippen LogP) is 2.25. The molecule has 2 nitrogen and oxygen atoms in total. The average Bonchev–Trinajstić information content (AvgIpc) is 2.89. The van der Waals surface area contributed by atoms with Crippen LogP contribution in [0.25, 0.3) is 0 Å². The lowest BCUT2D eigenvalue weighted by Gasteiger charge is -2.08. The molecule has 2 rings (SSSR count). The third-order valence-corrected chi connectivity index (χ3v) is 2.07. The Bertz CT molecular complexity index is 315. The van der Waals surface area contributed by atoms with Gasteiger partial charge in [-0.25, -0.2) is 4.39 Å². The van der Waals surface area contributed by atoms with Crippen molar-refractivity contribution >= 4 is 12.4 Å². The first-order valence-electron chi connectivity index (χ1n) is 4.45. The molecule has 4 heteroatoms. The summed E-state index contributed by atoms with van der Waals surface area (Å²) in [6.45, 7) is 0.391. The van der Waals surface area contributed by atoms with E-state index in [1.165, 1.54) is 12.1 Å². The Balaban J connectivity index is 0.000000980. The molecule has 1 fully saturated rings. The third-order valence-electron chi connectivity index (χ3n) is 2.07. The van der Waals surface area contributed by atoms with Crippen LogP contribution in [-0.2, 0) is 6.54 Å². The molecule has 0 amide bonds. The molecule has 2 N–H and O–H groups in total. The fourth-order valence-electron chi connectivity index (χ4n) is 1.17. The van der Waals surface area contributed by atoms with Crippen LogP contribution in [0, 0.1) is 5.82 Å². The maximum Gasteiger partial charge on any atom is 0.127 e. The summed E-state index contributed by atoms with van der Waals surface area (Å²) in [6.07, 6.45) is 2.42. The van der Waals surface area contributed by atoms with Crippen LogP contribution in [0.1, 0.15) is 18.4 Å². The van der Waals surface area contributed by atoms with E-state index in [0.29, 0.717) is 12.3 Å². The van der Waals surface area contributed by atoms with E-state index in [4.69, 9.17) is 10.5 Å². The first kappa shape index (κ1) is 11.3. The van der Waals surface area contributed by atoms with Crippen LogP contribution in [0.15, 0.2) is 18.2 Å². The minimum Gasteiger partial charge on any atom is -0.490 e. The molecule has 0 heterocycles. The summed E-state index contributed by atoms with van der Waals surface area (Å²) in [4.78, 5) is 0. The smallest absolute Gasteiger partial charge is 0.127 e. The molecule has 0 aliphatic heterocycles. The van der Waals surface area contributed by atoms with Crippen LogP contribution < -0.4 is 10.5 Å². The molecule has 1 aliphatic carbocycles. The van der Waals surface area contributed by atoms with Gasteiger partial charge in [0.2, 0.25) is 0 Å². The molecule has 78 valence electrons. The Morgan fingerprint density at radius 3 is 2.71 bits per heavy atom. The maximum atomic E-state index is 12.8. The molecule has 0 saturated heterocycles. The second kappa shape index (κ2) is 4.62. The van der Waals surface area contributed by atoms with E-state index in [1.807, 2.05) is 0 Å². The van der Waals surface area contributed by atoms with Crippen molar-refractivity contribution in [3.8, 4) is 5.75 Å². The highest BCUT2D eigenvalue weighted by atomic mass is 35.5. The molecule has 1 aromatic rings. The molecule has 1 aliphatic rings. The van der Waals surface area contributed by atoms with Crippen LogP contribution in [0.5, 0.6) is 5.75 Å². The second-order valence-corrected chi connectivity index (χ2v) is 3.27. The standard InChI is InChI=1S/C10H12FNO.ClH/c11-8-2-1-7(6-12)10(5-8)13-9-3-4-9;/h1-2,5,9H,3-4,6,12H2;1H. The normalized spacial score (nSPS) is 14.7. The van der Waals surface area contributed by atoms with Crippen LogP contribution in [-0.4, -0.2) is 6.10 Å². The number of nitrogens with two attached hydrogens (primary N) is 1. The first-order valence-corrected chi connectivity index (χ1v) is 4.45. The Hall–Kier alpha value is -0.800. The average molecular weight is 218 g/mol.